The van der Waals surface area contributed by atoms with Crippen molar-refractivity contribution in [2.24, 2.45) is 5.92 Å². The first-order chi connectivity index (χ1) is 13.9. The van der Waals surface area contributed by atoms with Crippen LogP contribution in [-0.4, -0.2) is 30.8 Å². The van der Waals surface area contributed by atoms with Gasteiger partial charge in [-0.1, -0.05) is 30.3 Å². The Kier molecular flexibility index (Phi) is 6.12. The zero-order valence-electron chi connectivity index (χ0n) is 16.7. The van der Waals surface area contributed by atoms with Gasteiger partial charge in [-0.15, -0.1) is 6.58 Å². The lowest BCUT2D eigenvalue weighted by molar-refractivity contribution is -0.122. The summed E-state index contributed by atoms with van der Waals surface area (Å²) in [5.41, 5.74) is 3.78. The molecule has 1 heterocycles. The molecule has 0 radical (unpaired) electrons. The molecule has 0 aromatic heterocycles. The number of nitrogens with one attached hydrogen (secondary N) is 2. The number of rotatable bonds is 6. The Morgan fingerprint density at radius 1 is 1.17 bits per heavy atom. The molecule has 1 aliphatic rings. The molecule has 6 heteroatoms. The van der Waals surface area contributed by atoms with Gasteiger partial charge in [-0.25, -0.2) is 0 Å². The van der Waals surface area contributed by atoms with Crippen molar-refractivity contribution in [3.05, 3.63) is 71.8 Å². The number of carbonyl (C=O) groups is 3. The van der Waals surface area contributed by atoms with E-state index in [1.807, 2.05) is 32.0 Å². The van der Waals surface area contributed by atoms with Crippen molar-refractivity contribution < 1.29 is 14.4 Å². The summed E-state index contributed by atoms with van der Waals surface area (Å²) in [5.74, 6) is -1.11. The summed E-state index contributed by atoms with van der Waals surface area (Å²) in [4.78, 5) is 39.4. The molecule has 6 nitrogen and oxygen atoms in total. The van der Waals surface area contributed by atoms with Gasteiger partial charge in [-0.05, 0) is 43.2 Å². The number of hydrogen-bond acceptors (Lipinski definition) is 3. The van der Waals surface area contributed by atoms with Crippen LogP contribution < -0.4 is 15.5 Å². The molecule has 150 valence electrons. The molecule has 1 atom stereocenters. The summed E-state index contributed by atoms with van der Waals surface area (Å²) in [6.45, 7) is 8.21. The highest BCUT2D eigenvalue weighted by Crippen LogP contribution is 2.30. The average Bonchev–Trinajstić information content (AvgIpc) is 3.10. The van der Waals surface area contributed by atoms with Crippen LogP contribution in [0.3, 0.4) is 0 Å². The van der Waals surface area contributed by atoms with E-state index in [2.05, 4.69) is 17.2 Å². The maximum Gasteiger partial charge on any atom is 0.253 e. The number of aryl methyl sites for hydroxylation is 1. The highest BCUT2D eigenvalue weighted by molar-refractivity contribution is 6.07. The van der Waals surface area contributed by atoms with E-state index in [-0.39, 0.29) is 24.1 Å². The number of nitrogens with zero attached hydrogens (tertiary/aromatic N) is 1. The van der Waals surface area contributed by atoms with Crippen LogP contribution in [0.2, 0.25) is 0 Å². The fraction of sp³-hybridized carbons (Fsp3) is 0.261. The Labute approximate surface area is 170 Å². The van der Waals surface area contributed by atoms with Gasteiger partial charge in [0.25, 0.3) is 5.91 Å². The minimum absolute atomic E-state index is 0.0733. The lowest BCUT2D eigenvalue weighted by Crippen LogP contribution is -2.30. The second-order valence-electron chi connectivity index (χ2n) is 7.16. The van der Waals surface area contributed by atoms with Gasteiger partial charge in [0, 0.05) is 25.2 Å². The van der Waals surface area contributed by atoms with Crippen LogP contribution in [0.4, 0.5) is 11.4 Å². The second-order valence-corrected chi connectivity index (χ2v) is 7.16. The number of hydrogen-bond donors (Lipinski definition) is 2. The third kappa shape index (κ3) is 4.37. The van der Waals surface area contributed by atoms with Gasteiger partial charge in [0.15, 0.2) is 0 Å². The summed E-state index contributed by atoms with van der Waals surface area (Å²) in [6.07, 6.45) is 1.73. The van der Waals surface area contributed by atoms with Crippen molar-refractivity contribution >= 4 is 29.1 Å². The third-order valence-electron chi connectivity index (χ3n) is 5.20. The van der Waals surface area contributed by atoms with E-state index >= 15 is 0 Å². The molecule has 2 aromatic rings. The van der Waals surface area contributed by atoms with Gasteiger partial charge in [-0.3, -0.25) is 14.4 Å². The molecule has 0 aliphatic carbocycles. The van der Waals surface area contributed by atoms with Crippen LogP contribution in [0.25, 0.3) is 0 Å². The van der Waals surface area contributed by atoms with Crippen molar-refractivity contribution in [3.8, 4) is 0 Å². The van der Waals surface area contributed by atoms with Crippen LogP contribution in [0.15, 0.2) is 55.1 Å². The van der Waals surface area contributed by atoms with Crippen molar-refractivity contribution in [1.82, 2.24) is 5.32 Å². The number of para-hydroxylation sites is 1. The molecular weight excluding hydrogens is 366 g/mol. The van der Waals surface area contributed by atoms with E-state index in [4.69, 9.17) is 0 Å². The number of carbonyl (C=O) groups excluding carboxylic acids is 3. The van der Waals surface area contributed by atoms with Crippen LogP contribution in [0, 0.1) is 19.8 Å². The molecular formula is C23H25N3O3. The van der Waals surface area contributed by atoms with Crippen LogP contribution in [0.5, 0.6) is 0 Å². The smallest absolute Gasteiger partial charge is 0.253 e. The third-order valence-corrected chi connectivity index (χ3v) is 5.20. The Bertz CT molecular complexity index is 968. The minimum atomic E-state index is -0.480. The molecule has 3 rings (SSSR count). The highest BCUT2D eigenvalue weighted by Gasteiger charge is 2.36. The summed E-state index contributed by atoms with van der Waals surface area (Å²) < 4.78 is 0. The van der Waals surface area contributed by atoms with Crippen molar-refractivity contribution in [1.29, 1.82) is 0 Å². The van der Waals surface area contributed by atoms with Crippen LogP contribution in [-0.2, 0) is 9.59 Å². The molecule has 2 aromatic carbocycles. The molecule has 1 saturated heterocycles. The predicted octanol–water partition coefficient (Wildman–Crippen LogP) is 3.21. The second kappa shape index (κ2) is 8.73. The summed E-state index contributed by atoms with van der Waals surface area (Å²) in [7, 11) is 0. The van der Waals surface area contributed by atoms with E-state index in [9.17, 15) is 14.4 Å². The number of benzene rings is 2. The molecule has 3 amide bonds. The first-order valence-electron chi connectivity index (χ1n) is 9.58. The maximum atomic E-state index is 12.8. The molecule has 2 N–H and O–H groups in total. The minimum Gasteiger partial charge on any atom is -0.349 e. The first-order valence-corrected chi connectivity index (χ1v) is 9.58. The molecule has 1 aliphatic heterocycles. The zero-order valence-corrected chi connectivity index (χ0v) is 16.7. The van der Waals surface area contributed by atoms with Gasteiger partial charge in [0.2, 0.25) is 11.8 Å². The van der Waals surface area contributed by atoms with Gasteiger partial charge in [0.05, 0.1) is 17.2 Å². The normalized spacial score (nSPS) is 15.9. The van der Waals surface area contributed by atoms with Crippen molar-refractivity contribution in [2.75, 3.05) is 23.3 Å². The summed E-state index contributed by atoms with van der Waals surface area (Å²) >= 11 is 0. The van der Waals surface area contributed by atoms with E-state index in [0.717, 1.165) is 16.8 Å². The van der Waals surface area contributed by atoms with Crippen LogP contribution in [0.1, 0.15) is 27.9 Å². The fourth-order valence-corrected chi connectivity index (χ4v) is 3.43. The van der Waals surface area contributed by atoms with E-state index in [0.29, 0.717) is 24.3 Å². The van der Waals surface area contributed by atoms with Crippen molar-refractivity contribution in [3.63, 3.8) is 0 Å². The van der Waals surface area contributed by atoms with Gasteiger partial charge in [-0.2, -0.15) is 0 Å². The monoisotopic (exact) mass is 391 g/mol. The van der Waals surface area contributed by atoms with Crippen molar-refractivity contribution in [2.45, 2.75) is 20.3 Å². The van der Waals surface area contributed by atoms with E-state index in [1.165, 1.54) is 0 Å². The topological polar surface area (TPSA) is 78.5 Å². The quantitative estimate of drug-likeness (QED) is 0.742. The summed E-state index contributed by atoms with van der Waals surface area (Å²) in [6, 6.07) is 12.6. The maximum absolute atomic E-state index is 12.8. The number of anilines is 2. The molecule has 0 spiro atoms. The fourth-order valence-electron chi connectivity index (χ4n) is 3.43. The van der Waals surface area contributed by atoms with Gasteiger partial charge < -0.3 is 15.5 Å². The standard InChI is InChI=1S/C23H25N3O3/c1-4-12-24-23(29)18-9-5-6-10-19(18)25-22(28)17-13-21(27)26(14-17)20-11-7-8-15(2)16(20)3/h4-11,17H,1,12-14H2,2-3H3,(H,24,29)(H,25,28)/t17-/m0/s1. The highest BCUT2D eigenvalue weighted by atomic mass is 16.2. The Morgan fingerprint density at radius 2 is 1.93 bits per heavy atom. The van der Waals surface area contributed by atoms with Gasteiger partial charge in [0.1, 0.15) is 0 Å². The van der Waals surface area contributed by atoms with Crippen LogP contribution >= 0.6 is 0 Å². The summed E-state index contributed by atoms with van der Waals surface area (Å²) in [5, 5.41) is 5.53. The molecule has 29 heavy (non-hydrogen) atoms. The largest absolute Gasteiger partial charge is 0.349 e. The number of amides is 3. The van der Waals surface area contributed by atoms with E-state index in [1.54, 1.807) is 35.2 Å². The Hall–Kier alpha value is -3.41. The lowest BCUT2D eigenvalue weighted by Gasteiger charge is -2.20. The Balaban J connectivity index is 1.74. The SMILES string of the molecule is C=CCNC(=O)c1ccccc1NC(=O)[C@H]1CC(=O)N(c2cccc(C)c2C)C1. The molecule has 1 fully saturated rings. The molecule has 0 bridgehead atoms. The van der Waals surface area contributed by atoms with E-state index < -0.39 is 5.92 Å². The lowest BCUT2D eigenvalue weighted by atomic mass is 10.1. The predicted molar refractivity (Wildman–Crippen MR) is 114 cm³/mol. The first kappa shape index (κ1) is 20.3. The molecule has 0 unspecified atom stereocenters. The zero-order chi connectivity index (χ0) is 21.0. The molecule has 0 saturated carbocycles. The Morgan fingerprint density at radius 3 is 2.69 bits per heavy atom. The van der Waals surface area contributed by atoms with Gasteiger partial charge >= 0.3 is 0 Å². The average molecular weight is 391 g/mol.